The second kappa shape index (κ2) is 7.88. The number of ketones is 1. The molecular formula is C21H25N5O. The van der Waals surface area contributed by atoms with Crippen molar-refractivity contribution in [3.05, 3.63) is 53.7 Å². The highest BCUT2D eigenvalue weighted by molar-refractivity contribution is 6.05. The summed E-state index contributed by atoms with van der Waals surface area (Å²) >= 11 is 0. The molecular weight excluding hydrogens is 338 g/mol. The number of pyridine rings is 1. The fraction of sp³-hybridized carbons (Fsp3) is 0.381. The van der Waals surface area contributed by atoms with E-state index in [-0.39, 0.29) is 5.78 Å². The van der Waals surface area contributed by atoms with Crippen LogP contribution in [0, 0.1) is 5.92 Å². The van der Waals surface area contributed by atoms with Crippen LogP contribution in [0.3, 0.4) is 0 Å². The number of aryl methyl sites for hydroxylation is 1. The molecule has 0 amide bonds. The first-order chi connectivity index (χ1) is 13.2. The van der Waals surface area contributed by atoms with Crippen molar-refractivity contribution in [1.29, 1.82) is 0 Å². The Labute approximate surface area is 159 Å². The number of nitrogens with one attached hydrogen (secondary N) is 2. The minimum atomic E-state index is 0.124. The highest BCUT2D eigenvalue weighted by Gasteiger charge is 2.22. The summed E-state index contributed by atoms with van der Waals surface area (Å²) in [6.07, 6.45) is 2.69. The summed E-state index contributed by atoms with van der Waals surface area (Å²) in [4.78, 5) is 17.5. The minimum Gasteiger partial charge on any atom is -0.366 e. The molecule has 1 aliphatic heterocycles. The summed E-state index contributed by atoms with van der Waals surface area (Å²) in [5.74, 6) is 1.36. The summed E-state index contributed by atoms with van der Waals surface area (Å²) in [7, 11) is 1.84. The number of anilines is 1. The summed E-state index contributed by atoms with van der Waals surface area (Å²) in [6.45, 7) is 2.70. The Morgan fingerprint density at radius 3 is 2.74 bits per heavy atom. The van der Waals surface area contributed by atoms with E-state index in [1.807, 2.05) is 37.4 Å². The van der Waals surface area contributed by atoms with Gasteiger partial charge in [0.25, 0.3) is 0 Å². The predicted octanol–water partition coefficient (Wildman–Crippen LogP) is 3.15. The first-order valence-electron chi connectivity index (χ1n) is 9.56. The van der Waals surface area contributed by atoms with Crippen LogP contribution in [0.25, 0.3) is 11.0 Å². The number of nitrogens with zero attached hydrogens (tertiary/aromatic N) is 3. The Morgan fingerprint density at radius 1 is 1.19 bits per heavy atom. The lowest BCUT2D eigenvalue weighted by atomic mass is 9.91. The minimum absolute atomic E-state index is 0.124. The van der Waals surface area contributed by atoms with E-state index in [0.29, 0.717) is 24.6 Å². The smallest absolute Gasteiger partial charge is 0.184 e. The fourth-order valence-electron chi connectivity index (χ4n) is 3.67. The molecule has 4 rings (SSSR count). The Balaban J connectivity index is 1.51. The summed E-state index contributed by atoms with van der Waals surface area (Å²) in [6, 6.07) is 14.1. The third kappa shape index (κ3) is 4.01. The lowest BCUT2D eigenvalue weighted by Gasteiger charge is -2.21. The van der Waals surface area contributed by atoms with Gasteiger partial charge in [0.1, 0.15) is 11.5 Å². The molecule has 27 heavy (non-hydrogen) atoms. The van der Waals surface area contributed by atoms with Crippen LogP contribution in [0.2, 0.25) is 0 Å². The van der Waals surface area contributed by atoms with Crippen molar-refractivity contribution in [2.45, 2.75) is 25.8 Å². The molecule has 1 saturated heterocycles. The molecule has 2 aromatic heterocycles. The topological polar surface area (TPSA) is 71.8 Å². The zero-order valence-electron chi connectivity index (χ0n) is 15.6. The van der Waals surface area contributed by atoms with E-state index < -0.39 is 0 Å². The maximum absolute atomic E-state index is 12.8. The third-order valence-electron chi connectivity index (χ3n) is 5.20. The van der Waals surface area contributed by atoms with E-state index in [1.165, 1.54) is 5.56 Å². The largest absolute Gasteiger partial charge is 0.366 e. The van der Waals surface area contributed by atoms with Crippen LogP contribution in [-0.2, 0) is 13.6 Å². The molecule has 0 bridgehead atoms. The number of hydrogen-bond acceptors (Lipinski definition) is 5. The highest BCUT2D eigenvalue weighted by atomic mass is 16.1. The Hall–Kier alpha value is -2.73. The molecule has 0 aliphatic carbocycles. The number of carbonyl (C=O) groups is 1. The van der Waals surface area contributed by atoms with E-state index in [4.69, 9.17) is 0 Å². The maximum Gasteiger partial charge on any atom is 0.184 e. The molecule has 0 atom stereocenters. The fourth-order valence-corrected chi connectivity index (χ4v) is 3.67. The average molecular weight is 363 g/mol. The number of rotatable bonds is 6. The van der Waals surface area contributed by atoms with Crippen molar-refractivity contribution in [3.63, 3.8) is 0 Å². The van der Waals surface area contributed by atoms with Gasteiger partial charge in [-0.1, -0.05) is 30.3 Å². The number of hydrogen-bond donors (Lipinski definition) is 2. The monoisotopic (exact) mass is 363 g/mol. The van der Waals surface area contributed by atoms with Gasteiger partial charge in [0.05, 0.1) is 5.39 Å². The van der Waals surface area contributed by atoms with Gasteiger partial charge in [-0.2, -0.15) is 5.10 Å². The van der Waals surface area contributed by atoms with Gasteiger partial charge in [0, 0.05) is 20.0 Å². The van der Waals surface area contributed by atoms with Crippen LogP contribution in [0.5, 0.6) is 0 Å². The van der Waals surface area contributed by atoms with E-state index in [9.17, 15) is 4.79 Å². The van der Waals surface area contributed by atoms with E-state index in [0.717, 1.165) is 42.8 Å². The average Bonchev–Trinajstić information content (AvgIpc) is 3.04. The van der Waals surface area contributed by atoms with E-state index in [1.54, 1.807) is 4.68 Å². The number of Topliss-reactive ketones (excluding diaryl/α,β-unsaturated/α-hetero) is 1. The molecule has 1 fully saturated rings. The van der Waals surface area contributed by atoms with Crippen molar-refractivity contribution in [2.75, 3.05) is 18.4 Å². The molecule has 6 heteroatoms. The molecule has 3 heterocycles. The molecule has 6 nitrogen and oxygen atoms in total. The number of fused-ring (bicyclic) bond motifs is 1. The molecule has 0 saturated carbocycles. The predicted molar refractivity (Wildman–Crippen MR) is 107 cm³/mol. The van der Waals surface area contributed by atoms with Crippen molar-refractivity contribution in [3.8, 4) is 0 Å². The second-order valence-electron chi connectivity index (χ2n) is 7.20. The van der Waals surface area contributed by atoms with Crippen LogP contribution < -0.4 is 10.6 Å². The Morgan fingerprint density at radius 2 is 1.96 bits per heavy atom. The normalized spacial score (nSPS) is 15.1. The summed E-state index contributed by atoms with van der Waals surface area (Å²) in [5.41, 5.74) is 2.48. The van der Waals surface area contributed by atoms with E-state index >= 15 is 0 Å². The zero-order valence-corrected chi connectivity index (χ0v) is 15.6. The number of benzene rings is 1. The van der Waals surface area contributed by atoms with Gasteiger partial charge < -0.3 is 10.6 Å². The molecule has 3 aromatic rings. The molecule has 0 unspecified atom stereocenters. The Bertz CT molecular complexity index is 928. The van der Waals surface area contributed by atoms with Crippen LogP contribution in [-0.4, -0.2) is 33.6 Å². The van der Waals surface area contributed by atoms with Gasteiger partial charge in [-0.15, -0.1) is 0 Å². The molecule has 1 aromatic carbocycles. The van der Waals surface area contributed by atoms with Crippen molar-refractivity contribution >= 4 is 22.6 Å². The van der Waals surface area contributed by atoms with Gasteiger partial charge in [-0.25, -0.2) is 9.67 Å². The zero-order chi connectivity index (χ0) is 18.6. The van der Waals surface area contributed by atoms with Crippen LogP contribution >= 0.6 is 0 Å². The first kappa shape index (κ1) is 17.7. The van der Waals surface area contributed by atoms with Crippen molar-refractivity contribution in [1.82, 2.24) is 20.1 Å². The molecule has 0 radical (unpaired) electrons. The second-order valence-corrected chi connectivity index (χ2v) is 7.20. The van der Waals surface area contributed by atoms with Crippen LogP contribution in [0.1, 0.15) is 35.3 Å². The Kier molecular flexibility index (Phi) is 5.16. The molecule has 0 spiro atoms. The van der Waals surface area contributed by atoms with E-state index in [2.05, 4.69) is 32.8 Å². The molecule has 2 N–H and O–H groups in total. The highest BCUT2D eigenvalue weighted by Crippen LogP contribution is 2.24. The number of piperidine rings is 1. The van der Waals surface area contributed by atoms with Crippen LogP contribution in [0.15, 0.2) is 42.5 Å². The van der Waals surface area contributed by atoms with Crippen LogP contribution in [0.4, 0.5) is 5.82 Å². The number of aromatic nitrogens is 3. The SMILES string of the molecule is Cn1nc(C(=O)CC2CCNCC2)c2ccc(NCc3ccccc3)nc21. The molecule has 1 aliphatic rings. The van der Waals surface area contributed by atoms with Gasteiger partial charge in [0.2, 0.25) is 0 Å². The summed E-state index contributed by atoms with van der Waals surface area (Å²) in [5, 5.41) is 12.0. The third-order valence-corrected chi connectivity index (χ3v) is 5.20. The number of carbonyl (C=O) groups excluding carboxylic acids is 1. The van der Waals surface area contributed by atoms with Crippen molar-refractivity contribution in [2.24, 2.45) is 13.0 Å². The molecule has 140 valence electrons. The lowest BCUT2D eigenvalue weighted by molar-refractivity contribution is 0.0948. The maximum atomic E-state index is 12.8. The summed E-state index contributed by atoms with van der Waals surface area (Å²) < 4.78 is 1.71. The van der Waals surface area contributed by atoms with Gasteiger partial charge in [0.15, 0.2) is 11.4 Å². The van der Waals surface area contributed by atoms with Gasteiger partial charge in [-0.3, -0.25) is 4.79 Å². The first-order valence-corrected chi connectivity index (χ1v) is 9.56. The lowest BCUT2D eigenvalue weighted by Crippen LogP contribution is -2.29. The van der Waals surface area contributed by atoms with Gasteiger partial charge >= 0.3 is 0 Å². The standard InChI is InChI=1S/C21H25N5O/c1-26-21-17(20(25-26)18(27)13-15-9-11-22-12-10-15)7-8-19(24-21)23-14-16-5-3-2-4-6-16/h2-8,15,22H,9-14H2,1H3,(H,23,24). The quantitative estimate of drug-likeness (QED) is 0.658. The van der Waals surface area contributed by atoms with Crippen molar-refractivity contribution < 1.29 is 4.79 Å². The van der Waals surface area contributed by atoms with Gasteiger partial charge in [-0.05, 0) is 49.5 Å².